The summed E-state index contributed by atoms with van der Waals surface area (Å²) < 4.78 is 13.4. The summed E-state index contributed by atoms with van der Waals surface area (Å²) in [7, 11) is 0. The van der Waals surface area contributed by atoms with Crippen molar-refractivity contribution in [2.45, 2.75) is 26.7 Å². The third-order valence-electron chi connectivity index (χ3n) is 3.83. The second-order valence-electron chi connectivity index (χ2n) is 4.78. The van der Waals surface area contributed by atoms with E-state index in [1.807, 2.05) is 0 Å². The molecule has 1 heterocycles. The minimum atomic E-state index is -1.28. The minimum Gasteiger partial charge on any atom is -0.276 e. The van der Waals surface area contributed by atoms with Crippen molar-refractivity contribution >= 4 is 39.5 Å². The highest BCUT2D eigenvalue weighted by molar-refractivity contribution is 9.10. The molecule has 5 nitrogen and oxygen atoms in total. The topological polar surface area (TPSA) is 66.5 Å². The van der Waals surface area contributed by atoms with Gasteiger partial charge in [-0.1, -0.05) is 13.8 Å². The van der Waals surface area contributed by atoms with Crippen molar-refractivity contribution in [1.29, 1.82) is 0 Å². The highest BCUT2D eigenvalue weighted by Crippen LogP contribution is 2.37. The number of carbonyl (C=O) groups is 3. The number of imide groups is 2. The summed E-state index contributed by atoms with van der Waals surface area (Å²) in [6, 6.07) is 2.81. The largest absolute Gasteiger partial charge is 0.335 e. The van der Waals surface area contributed by atoms with E-state index in [1.54, 1.807) is 13.8 Å². The Labute approximate surface area is 129 Å². The van der Waals surface area contributed by atoms with E-state index in [4.69, 9.17) is 0 Å². The monoisotopic (exact) mass is 356 g/mol. The Morgan fingerprint density at radius 3 is 2.38 bits per heavy atom. The lowest BCUT2D eigenvalue weighted by Gasteiger charge is -2.38. The van der Waals surface area contributed by atoms with Crippen LogP contribution in [0.1, 0.15) is 26.7 Å². The number of amides is 4. The fourth-order valence-electron chi connectivity index (χ4n) is 2.43. The predicted octanol–water partition coefficient (Wildman–Crippen LogP) is 2.98. The van der Waals surface area contributed by atoms with Crippen LogP contribution in [0.2, 0.25) is 0 Å². The van der Waals surface area contributed by atoms with Crippen LogP contribution < -0.4 is 10.2 Å². The molecule has 1 aromatic rings. The fourth-order valence-corrected chi connectivity index (χ4v) is 2.96. The van der Waals surface area contributed by atoms with E-state index in [2.05, 4.69) is 21.2 Å². The van der Waals surface area contributed by atoms with Gasteiger partial charge < -0.3 is 0 Å². The van der Waals surface area contributed by atoms with Crippen molar-refractivity contribution in [2.24, 2.45) is 5.41 Å². The lowest BCUT2D eigenvalue weighted by molar-refractivity contribution is -0.143. The van der Waals surface area contributed by atoms with Crippen molar-refractivity contribution in [2.75, 3.05) is 4.90 Å². The van der Waals surface area contributed by atoms with Gasteiger partial charge in [0, 0.05) is 4.47 Å². The number of benzene rings is 1. The number of hydrogen-bond donors (Lipinski definition) is 1. The Balaban J connectivity index is 2.54. The number of urea groups is 1. The average molecular weight is 357 g/mol. The van der Waals surface area contributed by atoms with Gasteiger partial charge in [0.05, 0.1) is 5.69 Å². The molecule has 112 valence electrons. The third-order valence-corrected chi connectivity index (χ3v) is 4.46. The molecule has 0 unspecified atom stereocenters. The van der Waals surface area contributed by atoms with E-state index < -0.39 is 29.1 Å². The number of anilines is 1. The minimum absolute atomic E-state index is 0.206. The summed E-state index contributed by atoms with van der Waals surface area (Å²) in [5.41, 5.74) is -1.07. The molecule has 1 N–H and O–H groups in total. The fraction of sp³-hybridized carbons (Fsp3) is 0.357. The first-order valence-corrected chi connectivity index (χ1v) is 7.31. The molecule has 2 rings (SSSR count). The van der Waals surface area contributed by atoms with Crippen LogP contribution >= 0.6 is 15.9 Å². The van der Waals surface area contributed by atoms with Crippen LogP contribution in [0.5, 0.6) is 0 Å². The summed E-state index contributed by atoms with van der Waals surface area (Å²) in [6.07, 6.45) is 0.549. The highest BCUT2D eigenvalue weighted by Gasteiger charge is 2.52. The summed E-state index contributed by atoms with van der Waals surface area (Å²) >= 11 is 3.14. The first kappa shape index (κ1) is 15.6. The first-order valence-electron chi connectivity index (χ1n) is 6.52. The molecule has 0 radical (unpaired) electrons. The molecular formula is C14H14BrFN2O3. The SMILES string of the molecule is CCC1(CC)C(=O)NC(=O)N(c2ccc(F)cc2Br)C1=O. The van der Waals surface area contributed by atoms with Crippen molar-refractivity contribution in [3.63, 3.8) is 0 Å². The van der Waals surface area contributed by atoms with Gasteiger partial charge >= 0.3 is 6.03 Å². The molecule has 0 atom stereocenters. The van der Waals surface area contributed by atoms with Gasteiger partial charge in [0.2, 0.25) is 5.91 Å². The van der Waals surface area contributed by atoms with Gasteiger partial charge in [0.25, 0.3) is 5.91 Å². The molecule has 1 aliphatic rings. The lowest BCUT2D eigenvalue weighted by Crippen LogP contribution is -2.64. The molecular weight excluding hydrogens is 343 g/mol. The van der Waals surface area contributed by atoms with Gasteiger partial charge in [0.1, 0.15) is 11.2 Å². The van der Waals surface area contributed by atoms with E-state index in [0.29, 0.717) is 0 Å². The molecule has 0 aromatic heterocycles. The number of rotatable bonds is 3. The standard InChI is InChI=1S/C14H14BrFN2O3/c1-3-14(4-2)11(19)17-13(21)18(12(14)20)10-6-5-8(16)7-9(10)15/h5-7H,3-4H2,1-2H3,(H,17,19,21). The molecule has 0 saturated carbocycles. The summed E-state index contributed by atoms with van der Waals surface area (Å²) in [5, 5.41) is 2.21. The highest BCUT2D eigenvalue weighted by atomic mass is 79.9. The molecule has 1 aromatic carbocycles. The molecule has 4 amide bonds. The quantitative estimate of drug-likeness (QED) is 0.846. The van der Waals surface area contributed by atoms with Gasteiger partial charge in [-0.05, 0) is 47.0 Å². The maximum atomic E-state index is 13.2. The van der Waals surface area contributed by atoms with Crippen molar-refractivity contribution in [1.82, 2.24) is 5.32 Å². The zero-order valence-electron chi connectivity index (χ0n) is 11.6. The predicted molar refractivity (Wildman–Crippen MR) is 78.1 cm³/mol. The average Bonchev–Trinajstić information content (AvgIpc) is 2.42. The van der Waals surface area contributed by atoms with Crippen LogP contribution in [-0.4, -0.2) is 17.8 Å². The summed E-state index contributed by atoms with van der Waals surface area (Å²) in [4.78, 5) is 37.7. The first-order chi connectivity index (χ1) is 9.87. The van der Waals surface area contributed by atoms with Gasteiger partial charge in [-0.3, -0.25) is 14.9 Å². The van der Waals surface area contributed by atoms with Crippen molar-refractivity contribution < 1.29 is 18.8 Å². The molecule has 0 aliphatic carbocycles. The molecule has 21 heavy (non-hydrogen) atoms. The number of carbonyl (C=O) groups excluding carboxylic acids is 3. The second-order valence-corrected chi connectivity index (χ2v) is 5.64. The van der Waals surface area contributed by atoms with Gasteiger partial charge in [-0.25, -0.2) is 14.1 Å². The number of hydrogen-bond acceptors (Lipinski definition) is 3. The number of barbiturate groups is 1. The maximum absolute atomic E-state index is 13.2. The molecule has 1 aliphatic heterocycles. The van der Waals surface area contributed by atoms with E-state index in [9.17, 15) is 18.8 Å². The Hall–Kier alpha value is -1.76. The van der Waals surface area contributed by atoms with Crippen LogP contribution in [0.25, 0.3) is 0 Å². The summed E-state index contributed by atoms with van der Waals surface area (Å²) in [6.45, 7) is 3.43. The van der Waals surface area contributed by atoms with Crippen LogP contribution in [-0.2, 0) is 9.59 Å². The number of nitrogens with zero attached hydrogens (tertiary/aromatic N) is 1. The van der Waals surface area contributed by atoms with E-state index in [0.717, 1.165) is 17.0 Å². The zero-order chi connectivity index (χ0) is 15.8. The summed E-state index contributed by atoms with van der Waals surface area (Å²) in [5.74, 6) is -1.67. The zero-order valence-corrected chi connectivity index (χ0v) is 13.2. The Bertz CT molecular complexity index is 629. The van der Waals surface area contributed by atoms with E-state index in [-0.39, 0.29) is 23.0 Å². The van der Waals surface area contributed by atoms with Gasteiger partial charge in [0.15, 0.2) is 0 Å². The molecule has 1 fully saturated rings. The molecule has 1 saturated heterocycles. The van der Waals surface area contributed by atoms with Crippen LogP contribution in [0.15, 0.2) is 22.7 Å². The second kappa shape index (κ2) is 5.55. The molecule has 0 spiro atoms. The smallest absolute Gasteiger partial charge is 0.276 e. The van der Waals surface area contributed by atoms with Crippen molar-refractivity contribution in [3.05, 3.63) is 28.5 Å². The Morgan fingerprint density at radius 2 is 1.86 bits per heavy atom. The molecule has 0 bridgehead atoms. The third kappa shape index (κ3) is 2.35. The number of halogens is 2. The number of nitrogens with one attached hydrogen (secondary N) is 1. The lowest BCUT2D eigenvalue weighted by atomic mass is 9.78. The Kier molecular flexibility index (Phi) is 4.13. The molecule has 7 heteroatoms. The van der Waals surface area contributed by atoms with Crippen molar-refractivity contribution in [3.8, 4) is 0 Å². The van der Waals surface area contributed by atoms with Gasteiger partial charge in [-0.15, -0.1) is 0 Å². The van der Waals surface area contributed by atoms with E-state index >= 15 is 0 Å². The van der Waals surface area contributed by atoms with Gasteiger partial charge in [-0.2, -0.15) is 0 Å². The maximum Gasteiger partial charge on any atom is 0.335 e. The van der Waals surface area contributed by atoms with E-state index in [1.165, 1.54) is 6.07 Å². The van der Waals surface area contributed by atoms with Crippen LogP contribution in [0.3, 0.4) is 0 Å². The normalized spacial score (nSPS) is 17.9. The van der Waals surface area contributed by atoms with Crippen LogP contribution in [0.4, 0.5) is 14.9 Å². The Morgan fingerprint density at radius 1 is 1.24 bits per heavy atom. The van der Waals surface area contributed by atoms with Crippen LogP contribution in [0, 0.1) is 11.2 Å².